The zero-order valence-electron chi connectivity index (χ0n) is 25.8. The van der Waals surface area contributed by atoms with Crippen LogP contribution in [0.3, 0.4) is 0 Å². The Hall–Kier alpha value is -2.23. The molecule has 1 heterocycles. The summed E-state index contributed by atoms with van der Waals surface area (Å²) in [5.74, 6) is 0.862. The van der Waals surface area contributed by atoms with E-state index >= 15 is 0 Å². The van der Waals surface area contributed by atoms with Gasteiger partial charge in [-0.3, -0.25) is 14.6 Å². The first-order valence-corrected chi connectivity index (χ1v) is 15.7. The molecule has 1 aromatic rings. The van der Waals surface area contributed by atoms with E-state index in [1.165, 1.54) is 12.8 Å². The molecule has 5 aliphatic carbocycles. The van der Waals surface area contributed by atoms with Gasteiger partial charge in [0.15, 0.2) is 5.78 Å². The fourth-order valence-corrected chi connectivity index (χ4v) is 11.2. The van der Waals surface area contributed by atoms with E-state index in [4.69, 9.17) is 0 Å². The van der Waals surface area contributed by atoms with Crippen LogP contribution >= 0.6 is 0 Å². The van der Waals surface area contributed by atoms with Crippen molar-refractivity contribution in [2.24, 2.45) is 50.2 Å². The van der Waals surface area contributed by atoms with Crippen LogP contribution in [0.4, 0.5) is 0 Å². The molecular weight excluding hydrogens is 494 g/mol. The summed E-state index contributed by atoms with van der Waals surface area (Å²) < 4.78 is 0. The van der Waals surface area contributed by atoms with Gasteiger partial charge in [0.05, 0.1) is 5.41 Å². The van der Waals surface area contributed by atoms with Gasteiger partial charge in [-0.1, -0.05) is 59.3 Å². The molecule has 4 heteroatoms. The normalized spacial score (nSPS) is 46.9. The second kappa shape index (κ2) is 8.65. The number of carbonyl (C=O) groups excluding carboxylic acids is 1. The highest BCUT2D eigenvalue weighted by atomic mass is 16.4. The smallest absolute Gasteiger partial charge is 0.309 e. The first-order valence-electron chi connectivity index (χ1n) is 15.7. The van der Waals surface area contributed by atoms with Crippen molar-refractivity contribution in [3.8, 4) is 0 Å². The maximum Gasteiger partial charge on any atom is 0.309 e. The fourth-order valence-electron chi connectivity index (χ4n) is 11.2. The lowest BCUT2D eigenvalue weighted by Crippen LogP contribution is -2.64. The third-order valence-electron chi connectivity index (χ3n) is 14.0. The number of allylic oxidation sites excluding steroid dienone is 3. The molecule has 0 aliphatic heterocycles. The van der Waals surface area contributed by atoms with Crippen molar-refractivity contribution in [3.63, 3.8) is 0 Å². The average molecular weight is 544 g/mol. The summed E-state index contributed by atoms with van der Waals surface area (Å²) in [6.45, 7) is 16.4. The third-order valence-corrected chi connectivity index (χ3v) is 14.0. The van der Waals surface area contributed by atoms with Crippen molar-refractivity contribution in [3.05, 3.63) is 47.3 Å². The second-order valence-corrected chi connectivity index (χ2v) is 16.3. The van der Waals surface area contributed by atoms with Gasteiger partial charge in [-0.2, -0.15) is 0 Å². The van der Waals surface area contributed by atoms with Crippen LogP contribution in [0.5, 0.6) is 0 Å². The maximum absolute atomic E-state index is 13.9. The van der Waals surface area contributed by atoms with Crippen molar-refractivity contribution in [1.29, 1.82) is 0 Å². The molecule has 0 radical (unpaired) electrons. The number of fused-ring (bicyclic) bond motifs is 7. The quantitative estimate of drug-likeness (QED) is 0.300. The molecule has 4 fully saturated rings. The number of hydrogen-bond acceptors (Lipinski definition) is 3. The summed E-state index contributed by atoms with van der Waals surface area (Å²) in [6, 6.07) is 3.99. The van der Waals surface area contributed by atoms with E-state index in [2.05, 4.69) is 58.7 Å². The molecule has 0 amide bonds. The van der Waals surface area contributed by atoms with Crippen molar-refractivity contribution in [2.45, 2.75) is 106 Å². The Morgan fingerprint density at radius 1 is 1.00 bits per heavy atom. The van der Waals surface area contributed by atoms with E-state index in [-0.39, 0.29) is 21.7 Å². The van der Waals surface area contributed by atoms with Gasteiger partial charge in [0.25, 0.3) is 0 Å². The van der Waals surface area contributed by atoms with E-state index < -0.39 is 16.8 Å². The average Bonchev–Trinajstić information content (AvgIpc) is 2.89. The van der Waals surface area contributed by atoms with Gasteiger partial charge in [0.2, 0.25) is 0 Å². The van der Waals surface area contributed by atoms with Crippen molar-refractivity contribution in [2.75, 3.05) is 0 Å². The number of aliphatic carboxylic acids is 1. The van der Waals surface area contributed by atoms with Crippen molar-refractivity contribution >= 4 is 17.8 Å². The molecule has 216 valence electrons. The highest BCUT2D eigenvalue weighted by Crippen LogP contribution is 2.75. The van der Waals surface area contributed by atoms with Crippen LogP contribution in [-0.2, 0) is 9.59 Å². The van der Waals surface area contributed by atoms with E-state index in [0.717, 1.165) is 56.1 Å². The van der Waals surface area contributed by atoms with Crippen LogP contribution in [0.15, 0.2) is 41.7 Å². The number of nitrogens with zero attached hydrogens (tertiary/aromatic N) is 1. The van der Waals surface area contributed by atoms with Gasteiger partial charge >= 0.3 is 5.97 Å². The fraction of sp³-hybridized carbons (Fsp3) is 0.694. The zero-order valence-corrected chi connectivity index (χ0v) is 25.8. The van der Waals surface area contributed by atoms with Crippen LogP contribution in [0.25, 0.3) is 6.08 Å². The maximum atomic E-state index is 13.9. The minimum atomic E-state index is -0.635. The molecule has 0 unspecified atom stereocenters. The number of pyridine rings is 1. The van der Waals surface area contributed by atoms with Gasteiger partial charge in [-0.25, -0.2) is 0 Å². The highest BCUT2D eigenvalue weighted by molar-refractivity contribution is 6.04. The molecule has 0 spiro atoms. The van der Waals surface area contributed by atoms with Gasteiger partial charge in [-0.15, -0.1) is 0 Å². The monoisotopic (exact) mass is 543 g/mol. The molecule has 0 aromatic carbocycles. The number of carbonyl (C=O) groups is 2. The van der Waals surface area contributed by atoms with E-state index in [0.29, 0.717) is 23.5 Å². The highest BCUT2D eigenvalue weighted by Gasteiger charge is 2.68. The first-order chi connectivity index (χ1) is 18.6. The van der Waals surface area contributed by atoms with E-state index in [9.17, 15) is 14.7 Å². The van der Waals surface area contributed by atoms with Crippen LogP contribution in [0.1, 0.15) is 112 Å². The Balaban J connectivity index is 1.43. The molecule has 0 saturated heterocycles. The third kappa shape index (κ3) is 3.59. The number of rotatable bonds is 2. The van der Waals surface area contributed by atoms with Gasteiger partial charge < -0.3 is 5.11 Å². The standard InChI is InChI=1S/C36H49NO3/c1-31(2)27-12-13-36(7)28(34(27,5)20-24(29(31)38)19-23-9-8-18-37-22-23)11-10-25-26-21-33(4,30(39)40)15-14-32(26,3)16-17-35(25,36)6/h8-10,18-19,22,26-28H,11-17,20-21H2,1-7H3,(H,39,40)/b24-19-/t26-,27-,28+,32+,33-,34-,35+,36+/m0/s1. The van der Waals surface area contributed by atoms with E-state index in [1.807, 2.05) is 25.3 Å². The zero-order chi connectivity index (χ0) is 28.9. The molecule has 5 aliphatic rings. The summed E-state index contributed by atoms with van der Waals surface area (Å²) in [5.41, 5.74) is 2.91. The van der Waals surface area contributed by atoms with Crippen molar-refractivity contribution < 1.29 is 14.7 Å². The predicted molar refractivity (Wildman–Crippen MR) is 159 cm³/mol. The van der Waals surface area contributed by atoms with Gasteiger partial charge in [-0.05, 0) is 127 Å². The van der Waals surface area contributed by atoms with Gasteiger partial charge in [0, 0.05) is 17.8 Å². The Bertz CT molecular complexity index is 1310. The first kappa shape index (κ1) is 27.9. The Kier molecular flexibility index (Phi) is 6.03. The minimum Gasteiger partial charge on any atom is -0.481 e. The topological polar surface area (TPSA) is 67.3 Å². The van der Waals surface area contributed by atoms with Crippen LogP contribution in [0.2, 0.25) is 0 Å². The predicted octanol–water partition coefficient (Wildman–Crippen LogP) is 8.53. The molecule has 6 rings (SSSR count). The number of aromatic nitrogens is 1. The number of ketones is 1. The molecule has 40 heavy (non-hydrogen) atoms. The molecule has 1 aromatic heterocycles. The Labute approximate surface area is 241 Å². The lowest BCUT2D eigenvalue weighted by atomic mass is 9.33. The summed E-state index contributed by atoms with van der Waals surface area (Å²) in [7, 11) is 0. The van der Waals surface area contributed by atoms with Crippen LogP contribution in [0, 0.1) is 50.2 Å². The number of Topliss-reactive ketones (excluding diaryl/α,β-unsaturated/α-hetero) is 1. The van der Waals surface area contributed by atoms with Crippen LogP contribution in [-0.4, -0.2) is 21.8 Å². The molecule has 0 bridgehead atoms. The Morgan fingerprint density at radius 3 is 2.40 bits per heavy atom. The summed E-state index contributed by atoms with van der Waals surface area (Å²) in [4.78, 5) is 30.6. The summed E-state index contributed by atoms with van der Waals surface area (Å²) >= 11 is 0. The number of carboxylic acids is 1. The molecule has 1 N–H and O–H groups in total. The van der Waals surface area contributed by atoms with Crippen molar-refractivity contribution in [1.82, 2.24) is 4.98 Å². The molecule has 4 saturated carbocycles. The number of hydrogen-bond donors (Lipinski definition) is 1. The SMILES string of the molecule is CC1(C)C(=O)/C(=C\c2cccnc2)C[C@]2(C)[C@H]3CC=C4[C@@H]5C[C@@](C)(C(=O)O)CC[C@]5(C)CC[C@@]4(C)[C@]3(C)CC[C@@H]12. The summed E-state index contributed by atoms with van der Waals surface area (Å²) in [6.07, 6.45) is 17.3. The number of carboxylic acid groups (broad SMARTS) is 1. The second-order valence-electron chi connectivity index (χ2n) is 16.3. The lowest BCUT2D eigenvalue weighted by molar-refractivity contribution is -0.178. The van der Waals surface area contributed by atoms with Crippen LogP contribution < -0.4 is 0 Å². The molecule has 4 nitrogen and oxygen atoms in total. The largest absolute Gasteiger partial charge is 0.481 e. The minimum absolute atomic E-state index is 0.0202. The van der Waals surface area contributed by atoms with E-state index in [1.54, 1.807) is 11.8 Å². The molecule has 8 atom stereocenters. The summed E-state index contributed by atoms with van der Waals surface area (Å²) in [5, 5.41) is 10.2. The lowest BCUT2D eigenvalue weighted by Gasteiger charge is -2.70. The Morgan fingerprint density at radius 2 is 1.73 bits per heavy atom. The van der Waals surface area contributed by atoms with Gasteiger partial charge in [0.1, 0.15) is 0 Å². The molecular formula is C36H49NO3.